The van der Waals surface area contributed by atoms with Crippen LogP contribution in [0.2, 0.25) is 0 Å². The summed E-state index contributed by atoms with van der Waals surface area (Å²) in [7, 11) is 1.38. The van der Waals surface area contributed by atoms with Crippen LogP contribution < -0.4 is 5.32 Å². The van der Waals surface area contributed by atoms with Crippen molar-refractivity contribution in [3.63, 3.8) is 0 Å². The van der Waals surface area contributed by atoms with Crippen molar-refractivity contribution in [1.82, 2.24) is 5.32 Å². The molecule has 0 heterocycles. The molecule has 0 aromatic heterocycles. The zero-order valence-corrected chi connectivity index (χ0v) is 11.8. The number of ether oxygens (including phenoxy) is 1. The second kappa shape index (κ2) is 7.92. The lowest BCUT2D eigenvalue weighted by Crippen LogP contribution is -2.35. The first-order valence-electron chi connectivity index (χ1n) is 6.63. The number of aliphatic hydroxyl groups is 1. The zero-order valence-electron chi connectivity index (χ0n) is 11.8. The van der Waals surface area contributed by atoms with E-state index in [0.29, 0.717) is 12.8 Å². The minimum atomic E-state index is -0.620. The van der Waals surface area contributed by atoms with Gasteiger partial charge in [-0.15, -0.1) is 0 Å². The molecule has 1 aromatic rings. The van der Waals surface area contributed by atoms with E-state index in [-0.39, 0.29) is 12.0 Å². The number of carbonyl (C=O) groups is 1. The van der Waals surface area contributed by atoms with Crippen LogP contribution >= 0.6 is 0 Å². The van der Waals surface area contributed by atoms with Crippen molar-refractivity contribution in [3.05, 3.63) is 35.4 Å². The molecule has 2 atom stereocenters. The Bertz CT molecular complexity index is 389. The highest BCUT2D eigenvalue weighted by atomic mass is 16.5. The number of hydrogen-bond acceptors (Lipinski definition) is 4. The normalized spacial score (nSPS) is 13.9. The molecule has 0 bridgehead atoms. The number of aryl methyl sites for hydroxylation is 1. The molecule has 0 aliphatic rings. The topological polar surface area (TPSA) is 58.6 Å². The highest BCUT2D eigenvalue weighted by molar-refractivity contribution is 5.69. The first-order valence-corrected chi connectivity index (χ1v) is 6.63. The molecule has 19 heavy (non-hydrogen) atoms. The molecule has 0 radical (unpaired) electrons. The Hall–Kier alpha value is -1.39. The Kier molecular flexibility index (Phi) is 6.53. The average molecular weight is 265 g/mol. The Morgan fingerprint density at radius 3 is 2.53 bits per heavy atom. The van der Waals surface area contributed by atoms with Crippen molar-refractivity contribution in [3.8, 4) is 0 Å². The first-order chi connectivity index (χ1) is 9.08. The van der Waals surface area contributed by atoms with Crippen LogP contribution in [0.1, 0.15) is 37.0 Å². The molecule has 2 N–H and O–H groups in total. The van der Waals surface area contributed by atoms with Gasteiger partial charge >= 0.3 is 5.97 Å². The number of esters is 1. The summed E-state index contributed by atoms with van der Waals surface area (Å²) in [6.45, 7) is 4.73. The zero-order chi connectivity index (χ0) is 14.3. The molecule has 4 nitrogen and oxygen atoms in total. The minimum Gasteiger partial charge on any atom is -0.469 e. The fourth-order valence-corrected chi connectivity index (χ4v) is 2.01. The Labute approximate surface area is 114 Å². The van der Waals surface area contributed by atoms with Gasteiger partial charge in [-0.3, -0.25) is 4.79 Å². The van der Waals surface area contributed by atoms with Gasteiger partial charge in [0.25, 0.3) is 0 Å². The Balaban J connectivity index is 2.68. The monoisotopic (exact) mass is 265 g/mol. The van der Waals surface area contributed by atoms with Gasteiger partial charge in [0.2, 0.25) is 0 Å². The van der Waals surface area contributed by atoms with Crippen LogP contribution in [0.4, 0.5) is 0 Å². The van der Waals surface area contributed by atoms with Gasteiger partial charge in [-0.2, -0.15) is 0 Å². The maximum absolute atomic E-state index is 11.2. The second-order valence-corrected chi connectivity index (χ2v) is 4.63. The summed E-state index contributed by atoms with van der Waals surface area (Å²) in [5.74, 6) is -0.251. The summed E-state index contributed by atoms with van der Waals surface area (Å²) in [4.78, 5) is 11.2. The minimum absolute atomic E-state index is 0.146. The summed E-state index contributed by atoms with van der Waals surface area (Å²) in [6.07, 6.45) is 0.234. The van der Waals surface area contributed by atoms with E-state index in [1.54, 1.807) is 0 Å². The standard InChI is InChI=1S/C15H23NO3/c1-4-16-13(9-10-14(17)19-3)15(18)12-7-5-11(2)6-8-12/h5-8,13,15-16,18H,4,9-10H2,1-3H3. The fourth-order valence-electron chi connectivity index (χ4n) is 2.01. The van der Waals surface area contributed by atoms with Crippen molar-refractivity contribution in [1.29, 1.82) is 0 Å². The largest absolute Gasteiger partial charge is 0.469 e. The molecule has 0 saturated heterocycles. The van der Waals surface area contributed by atoms with Crippen LogP contribution in [0.25, 0.3) is 0 Å². The Morgan fingerprint density at radius 2 is 2.00 bits per heavy atom. The third-order valence-corrected chi connectivity index (χ3v) is 3.15. The number of likely N-dealkylation sites (N-methyl/N-ethyl adjacent to an activating group) is 1. The van der Waals surface area contributed by atoms with Crippen LogP contribution in [0, 0.1) is 6.92 Å². The van der Waals surface area contributed by atoms with E-state index < -0.39 is 6.10 Å². The van der Waals surface area contributed by atoms with E-state index >= 15 is 0 Å². The average Bonchev–Trinajstić information content (AvgIpc) is 2.43. The summed E-state index contributed by atoms with van der Waals surface area (Å²) in [5, 5.41) is 13.6. The smallest absolute Gasteiger partial charge is 0.305 e. The summed E-state index contributed by atoms with van der Waals surface area (Å²) >= 11 is 0. The third kappa shape index (κ3) is 5.01. The molecule has 0 saturated carbocycles. The van der Waals surface area contributed by atoms with E-state index in [4.69, 9.17) is 0 Å². The van der Waals surface area contributed by atoms with Gasteiger partial charge in [0.15, 0.2) is 0 Å². The van der Waals surface area contributed by atoms with Crippen molar-refractivity contribution in [2.24, 2.45) is 0 Å². The SMILES string of the molecule is CCNC(CCC(=O)OC)C(O)c1ccc(C)cc1. The van der Waals surface area contributed by atoms with Gasteiger partial charge < -0.3 is 15.2 Å². The lowest BCUT2D eigenvalue weighted by atomic mass is 9.97. The summed E-state index contributed by atoms with van der Waals surface area (Å²) < 4.78 is 4.63. The van der Waals surface area contributed by atoms with Crippen LogP contribution in [-0.4, -0.2) is 30.8 Å². The summed E-state index contributed by atoms with van der Waals surface area (Å²) in [5.41, 5.74) is 2.02. The maximum Gasteiger partial charge on any atom is 0.305 e. The molecule has 106 valence electrons. The molecular weight excluding hydrogens is 242 g/mol. The van der Waals surface area contributed by atoms with Gasteiger partial charge in [0, 0.05) is 12.5 Å². The van der Waals surface area contributed by atoms with Gasteiger partial charge in [0.1, 0.15) is 0 Å². The molecule has 1 aromatic carbocycles. The molecule has 4 heteroatoms. The van der Waals surface area contributed by atoms with Crippen LogP contribution in [-0.2, 0) is 9.53 Å². The predicted molar refractivity (Wildman–Crippen MR) is 74.9 cm³/mol. The molecule has 0 fully saturated rings. The number of aliphatic hydroxyl groups excluding tert-OH is 1. The molecule has 0 amide bonds. The second-order valence-electron chi connectivity index (χ2n) is 4.63. The number of carbonyl (C=O) groups excluding carboxylic acids is 1. The van der Waals surface area contributed by atoms with E-state index in [9.17, 15) is 9.90 Å². The molecule has 1 rings (SSSR count). The van der Waals surface area contributed by atoms with Crippen molar-refractivity contribution in [2.75, 3.05) is 13.7 Å². The van der Waals surface area contributed by atoms with E-state index in [1.807, 2.05) is 38.1 Å². The number of hydrogen-bond donors (Lipinski definition) is 2. The van der Waals surface area contributed by atoms with Gasteiger partial charge in [-0.05, 0) is 25.5 Å². The highest BCUT2D eigenvalue weighted by Crippen LogP contribution is 2.20. The first kappa shape index (κ1) is 15.7. The number of rotatable bonds is 7. The van der Waals surface area contributed by atoms with Crippen LogP contribution in [0.5, 0.6) is 0 Å². The van der Waals surface area contributed by atoms with Crippen LogP contribution in [0.3, 0.4) is 0 Å². The van der Waals surface area contributed by atoms with Crippen molar-refractivity contribution >= 4 is 5.97 Å². The van der Waals surface area contributed by atoms with Gasteiger partial charge in [-0.25, -0.2) is 0 Å². The molecule has 0 aliphatic carbocycles. The summed E-state index contributed by atoms with van der Waals surface area (Å²) in [6, 6.07) is 7.64. The molecule has 0 aliphatic heterocycles. The highest BCUT2D eigenvalue weighted by Gasteiger charge is 2.21. The quantitative estimate of drug-likeness (QED) is 0.740. The molecule has 2 unspecified atom stereocenters. The predicted octanol–water partition coefficient (Wildman–Crippen LogP) is 1.96. The van der Waals surface area contributed by atoms with E-state index in [2.05, 4.69) is 10.1 Å². The lowest BCUT2D eigenvalue weighted by Gasteiger charge is -2.24. The lowest BCUT2D eigenvalue weighted by molar-refractivity contribution is -0.141. The Morgan fingerprint density at radius 1 is 1.37 bits per heavy atom. The fraction of sp³-hybridized carbons (Fsp3) is 0.533. The molecular formula is C15H23NO3. The van der Waals surface area contributed by atoms with Crippen molar-refractivity contribution < 1.29 is 14.6 Å². The molecule has 0 spiro atoms. The van der Waals surface area contributed by atoms with E-state index in [1.165, 1.54) is 7.11 Å². The van der Waals surface area contributed by atoms with Crippen LogP contribution in [0.15, 0.2) is 24.3 Å². The van der Waals surface area contributed by atoms with Crippen molar-refractivity contribution in [2.45, 2.75) is 38.8 Å². The van der Waals surface area contributed by atoms with E-state index in [0.717, 1.165) is 17.7 Å². The number of benzene rings is 1. The third-order valence-electron chi connectivity index (χ3n) is 3.15. The maximum atomic E-state index is 11.2. The number of nitrogens with one attached hydrogen (secondary N) is 1. The van der Waals surface area contributed by atoms with Gasteiger partial charge in [-0.1, -0.05) is 36.8 Å². The number of methoxy groups -OCH3 is 1. The van der Waals surface area contributed by atoms with Gasteiger partial charge in [0.05, 0.1) is 13.2 Å².